The predicted octanol–water partition coefficient (Wildman–Crippen LogP) is 2.50. The van der Waals surface area contributed by atoms with Gasteiger partial charge in [0.15, 0.2) is 0 Å². The summed E-state index contributed by atoms with van der Waals surface area (Å²) in [6, 6.07) is 9.94. The van der Waals surface area contributed by atoms with Gasteiger partial charge in [0.1, 0.15) is 11.2 Å². The Hall–Kier alpha value is -3.46. The first-order valence-corrected chi connectivity index (χ1v) is 12.3. The lowest BCUT2D eigenvalue weighted by Crippen LogP contribution is -2.62. The molecule has 9 nitrogen and oxygen atoms in total. The average molecular weight is 474 g/mol. The van der Waals surface area contributed by atoms with Crippen molar-refractivity contribution < 1.29 is 4.79 Å². The number of hydrogen-bond acceptors (Lipinski definition) is 7. The lowest BCUT2D eigenvalue weighted by atomic mass is 9.49. The topological polar surface area (TPSA) is 86.6 Å². The zero-order valence-corrected chi connectivity index (χ0v) is 20.5. The summed E-state index contributed by atoms with van der Waals surface area (Å²) in [5.41, 5.74) is 2.40. The summed E-state index contributed by atoms with van der Waals surface area (Å²) in [5.74, 6) is 0.833. The number of amides is 1. The summed E-state index contributed by atoms with van der Waals surface area (Å²) in [4.78, 5) is 41.7. The third-order valence-corrected chi connectivity index (χ3v) is 7.85. The second kappa shape index (κ2) is 8.05. The zero-order chi connectivity index (χ0) is 24.3. The van der Waals surface area contributed by atoms with Gasteiger partial charge in [-0.15, -0.1) is 0 Å². The van der Waals surface area contributed by atoms with Crippen molar-refractivity contribution in [1.29, 1.82) is 0 Å². The van der Waals surface area contributed by atoms with Crippen molar-refractivity contribution >= 4 is 34.3 Å². The first kappa shape index (κ1) is 22.0. The van der Waals surface area contributed by atoms with Crippen LogP contribution in [0.2, 0.25) is 0 Å². The molecule has 3 aliphatic carbocycles. The van der Waals surface area contributed by atoms with E-state index in [1.807, 2.05) is 12.1 Å². The van der Waals surface area contributed by atoms with Crippen LogP contribution in [0.4, 0.5) is 17.3 Å². The fourth-order valence-corrected chi connectivity index (χ4v) is 5.65. The molecule has 7 rings (SSSR count). The molecule has 9 heteroatoms. The number of fused-ring (bicyclic) bond motifs is 1. The van der Waals surface area contributed by atoms with Gasteiger partial charge in [-0.25, -0.2) is 4.98 Å². The molecule has 1 N–H and O–H groups in total. The Labute approximate surface area is 204 Å². The zero-order valence-electron chi connectivity index (χ0n) is 20.5. The van der Waals surface area contributed by atoms with Gasteiger partial charge in [-0.1, -0.05) is 0 Å². The van der Waals surface area contributed by atoms with E-state index < -0.39 is 0 Å². The van der Waals surface area contributed by atoms with Crippen LogP contribution in [0.5, 0.6) is 0 Å². The van der Waals surface area contributed by atoms with Gasteiger partial charge in [0.05, 0.1) is 5.54 Å². The van der Waals surface area contributed by atoms with Crippen molar-refractivity contribution in [2.24, 2.45) is 5.92 Å². The highest BCUT2D eigenvalue weighted by atomic mass is 16.2. The van der Waals surface area contributed by atoms with Gasteiger partial charge < -0.3 is 20.0 Å². The Morgan fingerprint density at radius 2 is 1.77 bits per heavy atom. The van der Waals surface area contributed by atoms with Gasteiger partial charge in [-0.2, -0.15) is 4.98 Å². The van der Waals surface area contributed by atoms with E-state index in [4.69, 9.17) is 4.98 Å². The van der Waals surface area contributed by atoms with E-state index in [0.29, 0.717) is 22.9 Å². The Balaban J connectivity index is 1.32. The van der Waals surface area contributed by atoms with Crippen LogP contribution in [0, 0.1) is 5.92 Å². The summed E-state index contributed by atoms with van der Waals surface area (Å²) in [6.07, 6.45) is 4.63. The number of rotatable bonds is 5. The highest BCUT2D eigenvalue weighted by Crippen LogP contribution is 2.62. The fourth-order valence-electron chi connectivity index (χ4n) is 5.65. The molecule has 2 aromatic heterocycles. The number of pyridine rings is 1. The van der Waals surface area contributed by atoms with Crippen LogP contribution in [0.1, 0.15) is 29.6 Å². The van der Waals surface area contributed by atoms with Gasteiger partial charge in [0.25, 0.3) is 11.5 Å². The molecule has 35 heavy (non-hydrogen) atoms. The molecule has 0 radical (unpaired) electrons. The maximum absolute atomic E-state index is 13.5. The largest absolute Gasteiger partial charge is 0.369 e. The minimum Gasteiger partial charge on any atom is -0.369 e. The van der Waals surface area contributed by atoms with Gasteiger partial charge in [-0.05, 0) is 62.6 Å². The Morgan fingerprint density at radius 3 is 2.37 bits per heavy atom. The van der Waals surface area contributed by atoms with E-state index in [1.165, 1.54) is 10.6 Å². The van der Waals surface area contributed by atoms with E-state index in [1.54, 1.807) is 30.9 Å². The Bertz CT molecular complexity index is 1340. The van der Waals surface area contributed by atoms with Gasteiger partial charge in [0.2, 0.25) is 5.95 Å². The molecule has 1 saturated heterocycles. The minimum absolute atomic E-state index is 0.177. The number of nitrogens with one attached hydrogen (secondary N) is 1. The van der Waals surface area contributed by atoms with Crippen molar-refractivity contribution in [3.63, 3.8) is 0 Å². The van der Waals surface area contributed by atoms with E-state index >= 15 is 0 Å². The maximum atomic E-state index is 13.5. The monoisotopic (exact) mass is 473 g/mol. The van der Waals surface area contributed by atoms with E-state index in [2.05, 4.69) is 39.3 Å². The van der Waals surface area contributed by atoms with E-state index in [9.17, 15) is 9.59 Å². The normalized spacial score (nSPS) is 23.5. The number of hydrogen-bond donors (Lipinski definition) is 1. The molecule has 1 amide bonds. The van der Waals surface area contributed by atoms with Gasteiger partial charge in [-0.3, -0.25) is 14.2 Å². The van der Waals surface area contributed by atoms with Crippen molar-refractivity contribution in [2.75, 3.05) is 57.5 Å². The second-order valence-electron chi connectivity index (χ2n) is 10.5. The standard InChI is InChI=1S/C26H31N7O2/c1-30(2)23(34)21-12-18-16-27-25(29-22(18)33(24(21)35)26-13-17(14-26)15-26)28-19-4-6-20(7-5-19)32-10-8-31(3)9-11-32/h4-7,12,16-17H,8-11,13-15H2,1-3H3,(H,27,28,29). The van der Waals surface area contributed by atoms with Crippen molar-refractivity contribution in [3.8, 4) is 0 Å². The predicted molar refractivity (Wildman–Crippen MR) is 137 cm³/mol. The number of likely N-dealkylation sites (N-methyl/N-ethyl adjacent to an activating group) is 1. The lowest BCUT2D eigenvalue weighted by molar-refractivity contribution is -0.0884. The molecule has 4 fully saturated rings. The summed E-state index contributed by atoms with van der Waals surface area (Å²) >= 11 is 0. The third-order valence-electron chi connectivity index (χ3n) is 7.85. The molecule has 1 aliphatic heterocycles. The average Bonchev–Trinajstić information content (AvgIpc) is 2.79. The smallest absolute Gasteiger partial charge is 0.265 e. The molecular weight excluding hydrogens is 442 g/mol. The van der Waals surface area contributed by atoms with Crippen molar-refractivity contribution in [1.82, 2.24) is 24.3 Å². The third kappa shape index (κ3) is 3.65. The van der Waals surface area contributed by atoms with Gasteiger partial charge in [0, 0.05) is 63.2 Å². The van der Waals surface area contributed by atoms with Crippen LogP contribution < -0.4 is 15.8 Å². The summed E-state index contributed by atoms with van der Waals surface area (Å²) < 4.78 is 1.78. The molecule has 182 valence electrons. The van der Waals surface area contributed by atoms with E-state index in [0.717, 1.165) is 51.1 Å². The van der Waals surface area contributed by atoms with Crippen LogP contribution >= 0.6 is 0 Å². The number of nitrogens with zero attached hydrogens (tertiary/aromatic N) is 6. The first-order chi connectivity index (χ1) is 16.8. The molecule has 0 unspecified atom stereocenters. The molecule has 1 aromatic carbocycles. The van der Waals surface area contributed by atoms with Gasteiger partial charge >= 0.3 is 0 Å². The minimum atomic E-state index is -0.292. The number of piperazine rings is 1. The Morgan fingerprint density at radius 1 is 1.09 bits per heavy atom. The molecule has 3 saturated carbocycles. The number of carbonyl (C=O) groups excluding carboxylic acids is 1. The molecule has 0 spiro atoms. The Kier molecular flexibility index (Phi) is 5.07. The highest BCUT2D eigenvalue weighted by Gasteiger charge is 2.59. The lowest BCUT2D eigenvalue weighted by Gasteiger charge is -2.62. The number of anilines is 3. The molecule has 2 bridgehead atoms. The van der Waals surface area contributed by atoms with Crippen molar-refractivity contribution in [2.45, 2.75) is 24.8 Å². The molecular formula is C26H31N7O2. The molecule has 3 heterocycles. The summed E-state index contributed by atoms with van der Waals surface area (Å²) in [6.45, 7) is 4.18. The number of aromatic nitrogens is 3. The quantitative estimate of drug-likeness (QED) is 0.609. The fraction of sp³-hybridized carbons (Fsp3) is 0.462. The first-order valence-electron chi connectivity index (χ1n) is 12.3. The number of benzene rings is 1. The van der Waals surface area contributed by atoms with Crippen LogP contribution in [-0.2, 0) is 5.54 Å². The highest BCUT2D eigenvalue weighted by molar-refractivity contribution is 5.96. The second-order valence-corrected chi connectivity index (χ2v) is 10.5. The number of carbonyl (C=O) groups is 1. The maximum Gasteiger partial charge on any atom is 0.265 e. The SMILES string of the molecule is CN1CCN(c2ccc(Nc3ncc4cc(C(=O)N(C)C)c(=O)n(C56CC(C5)C6)c4n3)cc2)CC1. The molecule has 0 atom stereocenters. The van der Waals surface area contributed by atoms with Crippen LogP contribution in [-0.4, -0.2) is 77.6 Å². The van der Waals surface area contributed by atoms with Crippen molar-refractivity contribution in [3.05, 3.63) is 52.4 Å². The summed E-state index contributed by atoms with van der Waals surface area (Å²) in [5, 5.41) is 4.00. The molecule has 4 aliphatic rings. The van der Waals surface area contributed by atoms with Crippen LogP contribution in [0.25, 0.3) is 11.0 Å². The van der Waals surface area contributed by atoms with Crippen LogP contribution in [0.3, 0.4) is 0 Å². The van der Waals surface area contributed by atoms with Crippen LogP contribution in [0.15, 0.2) is 41.3 Å². The van der Waals surface area contributed by atoms with E-state index in [-0.39, 0.29) is 22.6 Å². The summed E-state index contributed by atoms with van der Waals surface area (Å²) in [7, 11) is 5.48. The molecule has 3 aromatic rings.